The Morgan fingerprint density at radius 1 is 0.947 bits per heavy atom. The number of rotatable bonds is 2. The highest BCUT2D eigenvalue weighted by atomic mass is 32.1. The molecule has 0 bridgehead atoms. The van der Waals surface area contributed by atoms with E-state index >= 15 is 0 Å². The molecule has 19 heavy (non-hydrogen) atoms. The minimum Gasteiger partial charge on any atom is -0.239 e. The second-order valence-corrected chi connectivity index (χ2v) is 5.43. The van der Waals surface area contributed by atoms with Crippen LogP contribution in [0.4, 0.5) is 0 Å². The van der Waals surface area contributed by atoms with Crippen molar-refractivity contribution in [1.29, 1.82) is 0 Å². The van der Waals surface area contributed by atoms with Crippen molar-refractivity contribution in [2.24, 2.45) is 0 Å². The summed E-state index contributed by atoms with van der Waals surface area (Å²) in [5, 5.41) is 9.41. The molecule has 92 valence electrons. The monoisotopic (exact) mass is 266 g/mol. The highest BCUT2D eigenvalue weighted by molar-refractivity contribution is 7.18. The van der Waals surface area contributed by atoms with Gasteiger partial charge in [-0.3, -0.25) is 0 Å². The molecule has 0 aliphatic rings. The van der Waals surface area contributed by atoms with Crippen molar-refractivity contribution < 1.29 is 0 Å². The van der Waals surface area contributed by atoms with E-state index in [1.54, 1.807) is 11.3 Å². The Morgan fingerprint density at radius 3 is 2.63 bits per heavy atom. The maximum Gasteiger partial charge on any atom is 0.115 e. The summed E-state index contributed by atoms with van der Waals surface area (Å²) in [5.41, 5.74) is 3.01. The molecule has 0 spiro atoms. The van der Waals surface area contributed by atoms with Crippen LogP contribution in [0.1, 0.15) is 5.01 Å². The van der Waals surface area contributed by atoms with Gasteiger partial charge in [-0.25, -0.2) is 9.67 Å². The van der Waals surface area contributed by atoms with Crippen LogP contribution >= 0.6 is 11.3 Å². The van der Waals surface area contributed by atoms with E-state index in [1.807, 2.05) is 47.1 Å². The fourth-order valence-electron chi connectivity index (χ4n) is 2.15. The lowest BCUT2D eigenvalue weighted by Gasteiger charge is -1.97. The van der Waals surface area contributed by atoms with Crippen molar-refractivity contribution in [2.75, 3.05) is 0 Å². The van der Waals surface area contributed by atoms with Gasteiger partial charge in [0.2, 0.25) is 0 Å². The molecule has 2 aromatic carbocycles. The number of para-hydroxylation sites is 2. The minimum atomic E-state index is 0.667. The van der Waals surface area contributed by atoms with Crippen molar-refractivity contribution >= 4 is 32.6 Å². The molecule has 0 atom stereocenters. The average Bonchev–Trinajstić information content (AvgIpc) is 3.03. The lowest BCUT2D eigenvalue weighted by Crippen LogP contribution is -2.01. The van der Waals surface area contributed by atoms with Gasteiger partial charge < -0.3 is 0 Å². The zero-order valence-corrected chi connectivity index (χ0v) is 10.8. The van der Waals surface area contributed by atoms with E-state index in [0.29, 0.717) is 6.54 Å². The van der Waals surface area contributed by atoms with E-state index in [0.717, 1.165) is 21.6 Å². The first-order chi connectivity index (χ1) is 9.40. The first-order valence-electron chi connectivity index (χ1n) is 6.03. The summed E-state index contributed by atoms with van der Waals surface area (Å²) in [4.78, 5) is 4.62. The summed E-state index contributed by atoms with van der Waals surface area (Å²) in [6.07, 6.45) is 0. The number of thiazole rings is 1. The SMILES string of the molecule is c1ccc2sc(Cn3nnc4ccccc43)nc2c1. The lowest BCUT2D eigenvalue weighted by atomic mass is 10.3. The number of nitrogens with zero attached hydrogens (tertiary/aromatic N) is 4. The molecule has 0 aliphatic heterocycles. The highest BCUT2D eigenvalue weighted by Gasteiger charge is 2.07. The first kappa shape index (κ1) is 10.6. The standard InChI is InChI=1S/C14H10N4S/c1-3-7-12-10(5-1)16-17-18(12)9-14-15-11-6-2-4-8-13(11)19-14/h1-8H,9H2. The number of fused-ring (bicyclic) bond motifs is 2. The summed E-state index contributed by atoms with van der Waals surface area (Å²) < 4.78 is 3.11. The van der Waals surface area contributed by atoms with E-state index in [9.17, 15) is 0 Å². The van der Waals surface area contributed by atoms with Crippen molar-refractivity contribution in [2.45, 2.75) is 6.54 Å². The second kappa shape index (κ2) is 4.13. The van der Waals surface area contributed by atoms with Gasteiger partial charge in [0, 0.05) is 0 Å². The van der Waals surface area contributed by atoms with E-state index in [1.165, 1.54) is 4.70 Å². The molecule has 2 heterocycles. The van der Waals surface area contributed by atoms with E-state index in [-0.39, 0.29) is 0 Å². The predicted molar refractivity (Wildman–Crippen MR) is 76.3 cm³/mol. The van der Waals surface area contributed by atoms with Gasteiger partial charge in [0.15, 0.2) is 0 Å². The highest BCUT2D eigenvalue weighted by Crippen LogP contribution is 2.22. The minimum absolute atomic E-state index is 0.667. The summed E-state index contributed by atoms with van der Waals surface area (Å²) in [5.74, 6) is 0. The first-order valence-corrected chi connectivity index (χ1v) is 6.84. The molecule has 4 aromatic rings. The second-order valence-electron chi connectivity index (χ2n) is 4.31. The van der Waals surface area contributed by atoms with Gasteiger partial charge >= 0.3 is 0 Å². The molecule has 4 nitrogen and oxygen atoms in total. The van der Waals surface area contributed by atoms with Crippen LogP contribution in [0.15, 0.2) is 48.5 Å². The molecule has 0 amide bonds. The molecular weight excluding hydrogens is 256 g/mol. The molecule has 5 heteroatoms. The van der Waals surface area contributed by atoms with Gasteiger partial charge in [-0.15, -0.1) is 16.4 Å². The third-order valence-corrected chi connectivity index (χ3v) is 4.06. The summed E-state index contributed by atoms with van der Waals surface area (Å²) in [7, 11) is 0. The Bertz CT molecular complexity index is 829. The Hall–Kier alpha value is -2.27. The Labute approximate surface area is 113 Å². The van der Waals surface area contributed by atoms with Crippen molar-refractivity contribution in [3.05, 3.63) is 53.5 Å². The normalized spacial score (nSPS) is 11.4. The third-order valence-electron chi connectivity index (χ3n) is 3.04. The molecule has 0 saturated heterocycles. The van der Waals surface area contributed by atoms with E-state index in [4.69, 9.17) is 0 Å². The molecule has 0 unspecified atom stereocenters. The van der Waals surface area contributed by atoms with Crippen LogP contribution in [0.2, 0.25) is 0 Å². The van der Waals surface area contributed by atoms with Crippen LogP contribution in [-0.4, -0.2) is 20.0 Å². The van der Waals surface area contributed by atoms with Crippen LogP contribution in [0.3, 0.4) is 0 Å². The van der Waals surface area contributed by atoms with Crippen molar-refractivity contribution in [3.8, 4) is 0 Å². The number of hydrogen-bond acceptors (Lipinski definition) is 4. The smallest absolute Gasteiger partial charge is 0.115 e. The Balaban J connectivity index is 1.78. The molecule has 0 aliphatic carbocycles. The largest absolute Gasteiger partial charge is 0.239 e. The molecule has 2 aromatic heterocycles. The van der Waals surface area contributed by atoms with Gasteiger partial charge in [0.05, 0.1) is 22.3 Å². The van der Waals surface area contributed by atoms with Crippen LogP contribution < -0.4 is 0 Å². The summed E-state index contributed by atoms with van der Waals surface area (Å²) >= 11 is 1.70. The topological polar surface area (TPSA) is 43.6 Å². The summed E-state index contributed by atoms with van der Waals surface area (Å²) in [6.45, 7) is 0.667. The van der Waals surface area contributed by atoms with Crippen molar-refractivity contribution in [1.82, 2.24) is 20.0 Å². The van der Waals surface area contributed by atoms with Gasteiger partial charge in [-0.1, -0.05) is 29.5 Å². The molecular formula is C14H10N4S. The molecule has 0 N–H and O–H groups in total. The molecule has 0 fully saturated rings. The fourth-order valence-corrected chi connectivity index (χ4v) is 3.10. The maximum atomic E-state index is 4.62. The quantitative estimate of drug-likeness (QED) is 0.560. The summed E-state index contributed by atoms with van der Waals surface area (Å²) in [6, 6.07) is 16.1. The zero-order valence-electron chi connectivity index (χ0n) is 10.0. The Morgan fingerprint density at radius 2 is 1.74 bits per heavy atom. The van der Waals surface area contributed by atoms with E-state index in [2.05, 4.69) is 21.4 Å². The van der Waals surface area contributed by atoms with Crippen LogP contribution in [0, 0.1) is 0 Å². The van der Waals surface area contributed by atoms with Crippen LogP contribution in [0.25, 0.3) is 21.3 Å². The fraction of sp³-hybridized carbons (Fsp3) is 0.0714. The predicted octanol–water partition coefficient (Wildman–Crippen LogP) is 3.09. The van der Waals surface area contributed by atoms with Crippen LogP contribution in [-0.2, 0) is 6.54 Å². The Kier molecular flexibility index (Phi) is 2.31. The van der Waals surface area contributed by atoms with Crippen molar-refractivity contribution in [3.63, 3.8) is 0 Å². The zero-order chi connectivity index (χ0) is 12.7. The van der Waals surface area contributed by atoms with Gasteiger partial charge in [-0.2, -0.15) is 0 Å². The van der Waals surface area contributed by atoms with Crippen LogP contribution in [0.5, 0.6) is 0 Å². The lowest BCUT2D eigenvalue weighted by molar-refractivity contribution is 0.668. The molecule has 4 rings (SSSR count). The number of aromatic nitrogens is 4. The van der Waals surface area contributed by atoms with Gasteiger partial charge in [0.1, 0.15) is 10.5 Å². The molecule has 0 radical (unpaired) electrons. The van der Waals surface area contributed by atoms with E-state index < -0.39 is 0 Å². The number of hydrogen-bond donors (Lipinski definition) is 0. The third kappa shape index (κ3) is 1.79. The average molecular weight is 266 g/mol. The maximum absolute atomic E-state index is 4.62. The number of benzene rings is 2. The molecule has 0 saturated carbocycles. The van der Waals surface area contributed by atoms with Gasteiger partial charge in [-0.05, 0) is 24.3 Å². The van der Waals surface area contributed by atoms with Gasteiger partial charge in [0.25, 0.3) is 0 Å².